The Labute approximate surface area is 140 Å². The average molecular weight is 329 g/mol. The highest BCUT2D eigenvalue weighted by Gasteiger charge is 2.29. The van der Waals surface area contributed by atoms with Gasteiger partial charge in [-0.2, -0.15) is 5.10 Å². The number of hydrogen-bond donors (Lipinski definition) is 1. The molecule has 1 fully saturated rings. The molecule has 2 aliphatic rings. The van der Waals surface area contributed by atoms with Gasteiger partial charge in [0.1, 0.15) is 0 Å². The number of carbonyl (C=O) groups is 1. The van der Waals surface area contributed by atoms with Gasteiger partial charge < -0.3 is 4.90 Å². The van der Waals surface area contributed by atoms with Crippen LogP contribution in [-0.2, 0) is 12.8 Å². The fourth-order valence-electron chi connectivity index (χ4n) is 4.01. The Kier molecular flexibility index (Phi) is 3.97. The lowest BCUT2D eigenvalue weighted by molar-refractivity contribution is 0.0705. The number of aromatic nitrogens is 2. The van der Waals surface area contributed by atoms with Crippen LogP contribution in [-0.4, -0.2) is 34.1 Å². The fraction of sp³-hybridized carbons (Fsp3) is 0.556. The van der Waals surface area contributed by atoms with Crippen molar-refractivity contribution in [3.05, 3.63) is 38.8 Å². The van der Waals surface area contributed by atoms with E-state index in [9.17, 15) is 4.79 Å². The van der Waals surface area contributed by atoms with Crippen molar-refractivity contribution in [1.29, 1.82) is 0 Å². The van der Waals surface area contributed by atoms with E-state index in [-0.39, 0.29) is 5.91 Å². The molecule has 23 heavy (non-hydrogen) atoms. The van der Waals surface area contributed by atoms with E-state index >= 15 is 0 Å². The van der Waals surface area contributed by atoms with Gasteiger partial charge in [0.15, 0.2) is 0 Å². The van der Waals surface area contributed by atoms with Crippen LogP contribution in [0.4, 0.5) is 0 Å². The van der Waals surface area contributed by atoms with E-state index in [1.165, 1.54) is 34.5 Å². The first kappa shape index (κ1) is 14.9. The van der Waals surface area contributed by atoms with Gasteiger partial charge in [-0.1, -0.05) is 0 Å². The van der Waals surface area contributed by atoms with Gasteiger partial charge in [-0.25, -0.2) is 0 Å². The fourth-order valence-corrected chi connectivity index (χ4v) is 5.13. The molecule has 0 aromatic carbocycles. The quantitative estimate of drug-likeness (QED) is 0.914. The average Bonchev–Trinajstić information content (AvgIpc) is 3.20. The maximum atomic E-state index is 13.0. The van der Waals surface area contributed by atoms with E-state index in [0.29, 0.717) is 5.92 Å². The Balaban J connectivity index is 1.54. The van der Waals surface area contributed by atoms with Crippen LogP contribution < -0.4 is 0 Å². The summed E-state index contributed by atoms with van der Waals surface area (Å²) in [6, 6.07) is 0. The molecule has 0 spiro atoms. The highest BCUT2D eigenvalue weighted by Crippen LogP contribution is 2.33. The second-order valence-electron chi connectivity index (χ2n) is 6.82. The molecule has 122 valence electrons. The minimum Gasteiger partial charge on any atom is -0.338 e. The summed E-state index contributed by atoms with van der Waals surface area (Å²) in [5.74, 6) is 0.635. The van der Waals surface area contributed by atoms with Crippen LogP contribution >= 0.6 is 11.3 Å². The maximum Gasteiger partial charge on any atom is 0.255 e. The molecule has 0 radical (unpaired) electrons. The smallest absolute Gasteiger partial charge is 0.255 e. The van der Waals surface area contributed by atoms with Crippen LogP contribution in [0.3, 0.4) is 0 Å². The van der Waals surface area contributed by atoms with Crippen molar-refractivity contribution >= 4 is 17.2 Å². The molecule has 4 rings (SSSR count). The number of hydrogen-bond acceptors (Lipinski definition) is 3. The summed E-state index contributed by atoms with van der Waals surface area (Å²) in [4.78, 5) is 16.5. The van der Waals surface area contributed by atoms with Gasteiger partial charge in [-0.05, 0) is 56.6 Å². The zero-order valence-electron chi connectivity index (χ0n) is 13.6. The molecule has 0 unspecified atom stereocenters. The number of rotatable bonds is 2. The van der Waals surface area contributed by atoms with Crippen molar-refractivity contribution in [2.75, 3.05) is 13.1 Å². The zero-order chi connectivity index (χ0) is 15.8. The molecule has 2 aromatic heterocycles. The summed E-state index contributed by atoms with van der Waals surface area (Å²) >= 11 is 1.78. The topological polar surface area (TPSA) is 49.0 Å². The minimum absolute atomic E-state index is 0.242. The van der Waals surface area contributed by atoms with Gasteiger partial charge in [0, 0.05) is 35.0 Å². The van der Waals surface area contributed by atoms with Crippen LogP contribution in [0.5, 0.6) is 0 Å². The van der Waals surface area contributed by atoms with Gasteiger partial charge in [0.2, 0.25) is 0 Å². The van der Waals surface area contributed by atoms with E-state index < -0.39 is 0 Å². The molecule has 5 heteroatoms. The summed E-state index contributed by atoms with van der Waals surface area (Å²) in [5, 5.41) is 9.38. The van der Waals surface area contributed by atoms with Crippen molar-refractivity contribution in [3.63, 3.8) is 0 Å². The number of fused-ring (bicyclic) bond motifs is 1. The Morgan fingerprint density at radius 1 is 1.35 bits per heavy atom. The summed E-state index contributed by atoms with van der Waals surface area (Å²) in [7, 11) is 0. The van der Waals surface area contributed by atoms with E-state index in [1.807, 2.05) is 6.20 Å². The summed E-state index contributed by atoms with van der Waals surface area (Å²) in [6.07, 6.45) is 8.81. The number of amides is 1. The zero-order valence-corrected chi connectivity index (χ0v) is 14.4. The van der Waals surface area contributed by atoms with Crippen molar-refractivity contribution in [2.45, 2.75) is 51.4 Å². The number of H-pyrrole nitrogens is 1. The van der Waals surface area contributed by atoms with Gasteiger partial charge in [-0.15, -0.1) is 11.3 Å². The van der Waals surface area contributed by atoms with Crippen molar-refractivity contribution in [3.8, 4) is 0 Å². The highest BCUT2D eigenvalue weighted by molar-refractivity contribution is 7.10. The van der Waals surface area contributed by atoms with Crippen molar-refractivity contribution in [1.82, 2.24) is 15.1 Å². The number of carbonyl (C=O) groups excluding carboxylic acids is 1. The van der Waals surface area contributed by atoms with Crippen LogP contribution in [0.25, 0.3) is 0 Å². The van der Waals surface area contributed by atoms with Crippen LogP contribution in [0.1, 0.15) is 63.7 Å². The predicted octanol–water partition coefficient (Wildman–Crippen LogP) is 3.68. The molecule has 0 bridgehead atoms. The summed E-state index contributed by atoms with van der Waals surface area (Å²) in [6.45, 7) is 3.79. The SMILES string of the molecule is Cc1cn[nH]c1[C@H]1CCCN(C(=O)c2csc3c2CCCC3)C1. The highest BCUT2D eigenvalue weighted by atomic mass is 32.1. The van der Waals surface area contributed by atoms with E-state index in [2.05, 4.69) is 27.4 Å². The molecular weight excluding hydrogens is 306 g/mol. The monoisotopic (exact) mass is 329 g/mol. The lowest BCUT2D eigenvalue weighted by Gasteiger charge is -2.33. The number of likely N-dealkylation sites (tertiary alicyclic amines) is 1. The maximum absolute atomic E-state index is 13.0. The van der Waals surface area contributed by atoms with Crippen LogP contribution in [0.2, 0.25) is 0 Å². The van der Waals surface area contributed by atoms with Crippen LogP contribution in [0.15, 0.2) is 11.6 Å². The first-order chi connectivity index (χ1) is 11.2. The lowest BCUT2D eigenvalue weighted by Crippen LogP contribution is -2.39. The molecule has 1 N–H and O–H groups in total. The van der Waals surface area contributed by atoms with Gasteiger partial charge >= 0.3 is 0 Å². The summed E-state index contributed by atoms with van der Waals surface area (Å²) in [5.41, 5.74) is 4.73. The number of piperidine rings is 1. The van der Waals surface area contributed by atoms with Gasteiger partial charge in [0.05, 0.1) is 11.8 Å². The molecule has 1 aliphatic heterocycles. The Morgan fingerprint density at radius 2 is 2.22 bits per heavy atom. The Morgan fingerprint density at radius 3 is 3.04 bits per heavy atom. The third-order valence-electron chi connectivity index (χ3n) is 5.28. The molecule has 1 aliphatic carbocycles. The molecule has 0 saturated carbocycles. The largest absolute Gasteiger partial charge is 0.338 e. The second kappa shape index (κ2) is 6.11. The van der Waals surface area contributed by atoms with Crippen molar-refractivity contribution in [2.24, 2.45) is 0 Å². The van der Waals surface area contributed by atoms with E-state index in [4.69, 9.17) is 0 Å². The third kappa shape index (κ3) is 2.71. The molecule has 2 aromatic rings. The molecule has 1 saturated heterocycles. The lowest BCUT2D eigenvalue weighted by atomic mass is 9.91. The minimum atomic E-state index is 0.242. The van der Waals surface area contributed by atoms with Crippen LogP contribution in [0, 0.1) is 6.92 Å². The molecule has 4 nitrogen and oxygen atoms in total. The number of aromatic amines is 1. The number of nitrogens with one attached hydrogen (secondary N) is 1. The predicted molar refractivity (Wildman–Crippen MR) is 92.2 cm³/mol. The van der Waals surface area contributed by atoms with Gasteiger partial charge in [0.25, 0.3) is 5.91 Å². The molecule has 1 atom stereocenters. The molecule has 3 heterocycles. The second-order valence-corrected chi connectivity index (χ2v) is 7.78. The molecular formula is C18H23N3OS. The Hall–Kier alpha value is -1.62. The summed E-state index contributed by atoms with van der Waals surface area (Å²) < 4.78 is 0. The first-order valence-electron chi connectivity index (χ1n) is 8.62. The van der Waals surface area contributed by atoms with Gasteiger partial charge in [-0.3, -0.25) is 9.89 Å². The number of thiophene rings is 1. The normalized spacial score (nSPS) is 21.3. The van der Waals surface area contributed by atoms with Crippen molar-refractivity contribution < 1.29 is 4.79 Å². The number of nitrogens with zero attached hydrogens (tertiary/aromatic N) is 2. The van der Waals surface area contributed by atoms with E-state index in [0.717, 1.165) is 44.3 Å². The first-order valence-corrected chi connectivity index (χ1v) is 9.50. The number of aryl methyl sites for hydroxylation is 2. The molecule has 1 amide bonds. The third-order valence-corrected chi connectivity index (χ3v) is 6.37. The standard InChI is InChI=1S/C18H23N3OS/c1-12-9-19-20-17(12)13-5-4-8-21(10-13)18(22)15-11-23-16-7-3-2-6-14(15)16/h9,11,13H,2-8,10H2,1H3,(H,19,20)/t13-/m0/s1. The Bertz CT molecular complexity index is 718. The van der Waals surface area contributed by atoms with E-state index in [1.54, 1.807) is 11.3 Å².